The number of hydrogen-bond acceptors (Lipinski definition) is 2. The Hall–Kier alpha value is -0.860. The number of rotatable bonds is 2. The van der Waals surface area contributed by atoms with E-state index >= 15 is 0 Å². The molecule has 0 radical (unpaired) electrons. The van der Waals surface area contributed by atoms with E-state index in [-0.39, 0.29) is 5.54 Å². The Morgan fingerprint density at radius 2 is 2.19 bits per heavy atom. The number of aryl methyl sites for hydroxylation is 2. The molecule has 1 aliphatic heterocycles. The van der Waals surface area contributed by atoms with E-state index in [1.54, 1.807) is 0 Å². The molecule has 1 aromatic rings. The Bertz CT molecular complexity index is 427. The monoisotopic (exact) mass is 216 g/mol. The number of piperidine rings is 1. The molecule has 2 N–H and O–H groups in total. The van der Waals surface area contributed by atoms with Crippen molar-refractivity contribution in [3.63, 3.8) is 0 Å². The summed E-state index contributed by atoms with van der Waals surface area (Å²) in [6.07, 6.45) is 1.25. The molecule has 1 aliphatic carbocycles. The molecule has 0 aromatic heterocycles. The Kier molecular flexibility index (Phi) is 2.13. The molecule has 0 unspecified atom stereocenters. The van der Waals surface area contributed by atoms with Crippen molar-refractivity contribution in [3.05, 3.63) is 34.9 Å². The van der Waals surface area contributed by atoms with E-state index in [0.717, 1.165) is 19.0 Å². The van der Waals surface area contributed by atoms with Crippen LogP contribution in [0.2, 0.25) is 0 Å². The van der Waals surface area contributed by atoms with Crippen molar-refractivity contribution in [1.29, 1.82) is 0 Å². The fraction of sp³-hybridized carbons (Fsp3) is 0.571. The van der Waals surface area contributed by atoms with Gasteiger partial charge in [0.1, 0.15) is 0 Å². The van der Waals surface area contributed by atoms with Crippen LogP contribution in [0.4, 0.5) is 0 Å². The molecule has 0 spiro atoms. The van der Waals surface area contributed by atoms with Gasteiger partial charge in [0.2, 0.25) is 0 Å². The van der Waals surface area contributed by atoms with Crippen molar-refractivity contribution >= 4 is 0 Å². The minimum absolute atomic E-state index is 0.180. The first kappa shape index (κ1) is 10.3. The van der Waals surface area contributed by atoms with E-state index in [1.807, 2.05) is 0 Å². The molecule has 86 valence electrons. The van der Waals surface area contributed by atoms with Crippen LogP contribution in [0.3, 0.4) is 0 Å². The Balaban J connectivity index is 1.68. The average Bonchev–Trinajstić information content (AvgIpc) is 2.72. The van der Waals surface area contributed by atoms with Crippen LogP contribution in [0.5, 0.6) is 0 Å². The lowest BCUT2D eigenvalue weighted by molar-refractivity contribution is 0.290. The van der Waals surface area contributed by atoms with Crippen LogP contribution in [0.25, 0.3) is 0 Å². The summed E-state index contributed by atoms with van der Waals surface area (Å²) in [7, 11) is 0. The summed E-state index contributed by atoms with van der Waals surface area (Å²) in [6.45, 7) is 7.70. The summed E-state index contributed by atoms with van der Waals surface area (Å²) in [6, 6.07) is 6.78. The number of nitrogens with zero attached hydrogens (tertiary/aromatic N) is 1. The van der Waals surface area contributed by atoms with Gasteiger partial charge in [0.15, 0.2) is 0 Å². The molecular formula is C14H20N2. The normalized spacial score (nSPS) is 32.8. The molecule has 1 aromatic carbocycles. The molecular weight excluding hydrogens is 196 g/mol. The van der Waals surface area contributed by atoms with Crippen LogP contribution in [-0.2, 0) is 6.54 Å². The molecule has 3 rings (SSSR count). The second-order valence-corrected chi connectivity index (χ2v) is 5.72. The van der Waals surface area contributed by atoms with Crippen molar-refractivity contribution < 1.29 is 0 Å². The van der Waals surface area contributed by atoms with Gasteiger partial charge in [0.25, 0.3) is 0 Å². The van der Waals surface area contributed by atoms with Crippen LogP contribution in [-0.4, -0.2) is 23.5 Å². The average molecular weight is 216 g/mol. The minimum Gasteiger partial charge on any atom is -0.324 e. The van der Waals surface area contributed by atoms with Gasteiger partial charge in [-0.3, -0.25) is 4.90 Å². The van der Waals surface area contributed by atoms with Gasteiger partial charge in [-0.05, 0) is 42.9 Å². The molecule has 2 fully saturated rings. The van der Waals surface area contributed by atoms with Crippen molar-refractivity contribution in [1.82, 2.24) is 4.90 Å². The number of nitrogens with two attached hydrogens (primary N) is 1. The number of likely N-dealkylation sites (tertiary alicyclic amines) is 1. The molecule has 1 saturated heterocycles. The molecule has 16 heavy (non-hydrogen) atoms. The van der Waals surface area contributed by atoms with E-state index in [4.69, 9.17) is 5.73 Å². The molecule has 2 heteroatoms. The number of fused-ring (bicyclic) bond motifs is 1. The predicted molar refractivity (Wildman–Crippen MR) is 66.2 cm³/mol. The third-order valence-corrected chi connectivity index (χ3v) is 4.25. The summed E-state index contributed by atoms with van der Waals surface area (Å²) in [4.78, 5) is 2.50. The first-order valence-electron chi connectivity index (χ1n) is 6.14. The van der Waals surface area contributed by atoms with Gasteiger partial charge < -0.3 is 5.73 Å². The van der Waals surface area contributed by atoms with Crippen molar-refractivity contribution in [3.8, 4) is 0 Å². The maximum absolute atomic E-state index is 6.21. The highest BCUT2D eigenvalue weighted by Crippen LogP contribution is 2.47. The zero-order valence-electron chi connectivity index (χ0n) is 10.2. The second kappa shape index (κ2) is 3.31. The molecule has 1 heterocycles. The molecule has 0 amide bonds. The lowest BCUT2D eigenvalue weighted by Crippen LogP contribution is -2.32. The maximum Gasteiger partial charge on any atom is 0.0328 e. The summed E-state index contributed by atoms with van der Waals surface area (Å²) >= 11 is 0. The molecule has 2 aliphatic rings. The lowest BCUT2D eigenvalue weighted by atomic mass is 10.1. The Morgan fingerprint density at radius 1 is 1.38 bits per heavy atom. The van der Waals surface area contributed by atoms with E-state index in [1.165, 1.54) is 29.7 Å². The summed E-state index contributed by atoms with van der Waals surface area (Å²) in [5, 5.41) is 0. The van der Waals surface area contributed by atoms with E-state index in [0.29, 0.717) is 0 Å². The Morgan fingerprint density at radius 3 is 2.81 bits per heavy atom. The van der Waals surface area contributed by atoms with Crippen molar-refractivity contribution in [2.75, 3.05) is 13.1 Å². The standard InChI is InChI=1S/C14H20N2/c1-10-3-4-12(5-11(10)2)7-16-8-13-6-14(13,15)9-16/h3-5,13H,6-9,15H2,1-2H3/t13-,14-/m0/s1. The van der Waals surface area contributed by atoms with Gasteiger partial charge in [0, 0.05) is 25.2 Å². The topological polar surface area (TPSA) is 29.3 Å². The van der Waals surface area contributed by atoms with Gasteiger partial charge in [-0.1, -0.05) is 18.2 Å². The third kappa shape index (κ3) is 1.66. The third-order valence-electron chi connectivity index (χ3n) is 4.25. The van der Waals surface area contributed by atoms with Crippen LogP contribution in [0.1, 0.15) is 23.1 Å². The van der Waals surface area contributed by atoms with Gasteiger partial charge in [-0.15, -0.1) is 0 Å². The summed E-state index contributed by atoms with van der Waals surface area (Å²) in [5.41, 5.74) is 10.6. The highest BCUT2D eigenvalue weighted by Gasteiger charge is 2.56. The Labute approximate surface area is 97.4 Å². The number of benzene rings is 1. The zero-order chi connectivity index (χ0) is 11.3. The van der Waals surface area contributed by atoms with Crippen LogP contribution >= 0.6 is 0 Å². The lowest BCUT2D eigenvalue weighted by Gasteiger charge is -2.19. The van der Waals surface area contributed by atoms with Gasteiger partial charge in [-0.2, -0.15) is 0 Å². The quantitative estimate of drug-likeness (QED) is 0.817. The van der Waals surface area contributed by atoms with Crippen LogP contribution in [0.15, 0.2) is 18.2 Å². The van der Waals surface area contributed by atoms with Crippen molar-refractivity contribution in [2.45, 2.75) is 32.4 Å². The van der Waals surface area contributed by atoms with Crippen LogP contribution < -0.4 is 5.73 Å². The zero-order valence-corrected chi connectivity index (χ0v) is 10.2. The largest absolute Gasteiger partial charge is 0.324 e. The van der Waals surface area contributed by atoms with Crippen molar-refractivity contribution in [2.24, 2.45) is 11.7 Å². The highest BCUT2D eigenvalue weighted by atomic mass is 15.2. The fourth-order valence-corrected chi connectivity index (χ4v) is 2.91. The first-order valence-corrected chi connectivity index (χ1v) is 6.14. The maximum atomic E-state index is 6.21. The van der Waals surface area contributed by atoms with Gasteiger partial charge in [0.05, 0.1) is 0 Å². The highest BCUT2D eigenvalue weighted by molar-refractivity contribution is 5.30. The van der Waals surface area contributed by atoms with E-state index < -0.39 is 0 Å². The van der Waals surface area contributed by atoms with Gasteiger partial charge >= 0.3 is 0 Å². The summed E-state index contributed by atoms with van der Waals surface area (Å²) in [5.74, 6) is 0.777. The van der Waals surface area contributed by atoms with Crippen LogP contribution in [0, 0.1) is 19.8 Å². The SMILES string of the molecule is Cc1ccc(CN2C[C@@H]3C[C@]3(N)C2)cc1C. The first-order chi connectivity index (χ1) is 7.57. The fourth-order valence-electron chi connectivity index (χ4n) is 2.91. The smallest absolute Gasteiger partial charge is 0.0328 e. The predicted octanol–water partition coefficient (Wildman–Crippen LogP) is 1.84. The van der Waals surface area contributed by atoms with E-state index in [9.17, 15) is 0 Å². The number of hydrogen-bond donors (Lipinski definition) is 1. The van der Waals surface area contributed by atoms with E-state index in [2.05, 4.69) is 36.9 Å². The minimum atomic E-state index is 0.180. The molecule has 1 saturated carbocycles. The van der Waals surface area contributed by atoms with Gasteiger partial charge in [-0.25, -0.2) is 0 Å². The summed E-state index contributed by atoms with van der Waals surface area (Å²) < 4.78 is 0. The molecule has 2 nitrogen and oxygen atoms in total. The molecule has 0 bridgehead atoms. The second-order valence-electron chi connectivity index (χ2n) is 5.72. The molecule has 2 atom stereocenters.